The number of aromatic nitrogens is 2. The first-order valence-electron chi connectivity index (χ1n) is 8.82. The summed E-state index contributed by atoms with van der Waals surface area (Å²) in [5.41, 5.74) is 2.92. The fraction of sp³-hybridized carbons (Fsp3) is 0.286. The van der Waals surface area contributed by atoms with Gasteiger partial charge in [-0.05, 0) is 36.6 Å². The minimum atomic E-state index is -0.152. The molecule has 2 aromatic heterocycles. The predicted octanol–water partition coefficient (Wildman–Crippen LogP) is 3.43. The van der Waals surface area contributed by atoms with Crippen LogP contribution in [0.3, 0.4) is 0 Å². The number of carbonyl (C=O) groups excluding carboxylic acids is 1. The molecule has 1 amide bonds. The van der Waals surface area contributed by atoms with Crippen LogP contribution >= 0.6 is 0 Å². The molecule has 1 unspecified atom stereocenters. The van der Waals surface area contributed by atoms with Crippen LogP contribution in [0.4, 0.5) is 0 Å². The molecular weight excluding hydrogens is 326 g/mol. The summed E-state index contributed by atoms with van der Waals surface area (Å²) in [6.45, 7) is 4.11. The maximum Gasteiger partial charge on any atom is 0.252 e. The molecule has 0 bridgehead atoms. The highest BCUT2D eigenvalue weighted by molar-refractivity contribution is 6.07. The smallest absolute Gasteiger partial charge is 0.252 e. The molecule has 3 aromatic rings. The fourth-order valence-electron chi connectivity index (χ4n) is 2.98. The van der Waals surface area contributed by atoms with Gasteiger partial charge in [0.2, 0.25) is 0 Å². The van der Waals surface area contributed by atoms with Crippen molar-refractivity contribution in [1.29, 1.82) is 0 Å². The second-order valence-corrected chi connectivity index (χ2v) is 6.65. The number of hydrogen-bond donors (Lipinski definition) is 2. The lowest BCUT2D eigenvalue weighted by Gasteiger charge is -2.22. The van der Waals surface area contributed by atoms with E-state index in [9.17, 15) is 9.90 Å². The average molecular weight is 349 g/mol. The zero-order chi connectivity index (χ0) is 18.5. The molecule has 0 aliphatic rings. The second-order valence-electron chi connectivity index (χ2n) is 6.65. The zero-order valence-electron chi connectivity index (χ0n) is 15.0. The maximum atomic E-state index is 13.0. The van der Waals surface area contributed by atoms with E-state index in [0.717, 1.165) is 16.5 Å². The third-order valence-electron chi connectivity index (χ3n) is 4.48. The van der Waals surface area contributed by atoms with Gasteiger partial charge in [0.05, 0.1) is 16.8 Å². The molecule has 5 nitrogen and oxygen atoms in total. The van der Waals surface area contributed by atoms with Crippen molar-refractivity contribution in [1.82, 2.24) is 15.3 Å². The van der Waals surface area contributed by atoms with Crippen LogP contribution in [0.1, 0.15) is 30.6 Å². The molecule has 1 aromatic carbocycles. The molecule has 0 saturated heterocycles. The van der Waals surface area contributed by atoms with Crippen molar-refractivity contribution in [3.63, 3.8) is 0 Å². The topological polar surface area (TPSA) is 75.1 Å². The van der Waals surface area contributed by atoms with Crippen LogP contribution < -0.4 is 5.32 Å². The average Bonchev–Trinajstić information content (AvgIpc) is 2.67. The van der Waals surface area contributed by atoms with Crippen molar-refractivity contribution < 1.29 is 9.90 Å². The van der Waals surface area contributed by atoms with Gasteiger partial charge in [-0.15, -0.1) is 0 Å². The van der Waals surface area contributed by atoms with Gasteiger partial charge in [0.1, 0.15) is 0 Å². The molecule has 0 spiro atoms. The maximum absolute atomic E-state index is 13.0. The molecule has 0 aliphatic carbocycles. The van der Waals surface area contributed by atoms with Crippen LogP contribution in [0.15, 0.2) is 54.9 Å². The highest BCUT2D eigenvalue weighted by atomic mass is 16.3. The Morgan fingerprint density at radius 2 is 2.00 bits per heavy atom. The summed E-state index contributed by atoms with van der Waals surface area (Å²) in [7, 11) is 0. The molecule has 2 heterocycles. The third-order valence-corrected chi connectivity index (χ3v) is 4.48. The van der Waals surface area contributed by atoms with E-state index in [1.165, 1.54) is 0 Å². The van der Waals surface area contributed by atoms with Crippen LogP contribution in [-0.2, 0) is 0 Å². The molecule has 134 valence electrons. The highest BCUT2D eigenvalue weighted by Gasteiger charge is 2.19. The van der Waals surface area contributed by atoms with Gasteiger partial charge in [-0.3, -0.25) is 9.78 Å². The van der Waals surface area contributed by atoms with Crippen molar-refractivity contribution in [3.05, 3.63) is 60.4 Å². The Balaban J connectivity index is 2.05. The summed E-state index contributed by atoms with van der Waals surface area (Å²) in [5.74, 6) is 0.0814. The highest BCUT2D eigenvalue weighted by Crippen LogP contribution is 2.24. The van der Waals surface area contributed by atoms with Crippen molar-refractivity contribution in [2.45, 2.75) is 26.3 Å². The monoisotopic (exact) mass is 349 g/mol. The number of nitrogens with one attached hydrogen (secondary N) is 1. The van der Waals surface area contributed by atoms with Gasteiger partial charge in [-0.2, -0.15) is 0 Å². The Morgan fingerprint density at radius 1 is 1.19 bits per heavy atom. The van der Waals surface area contributed by atoms with Gasteiger partial charge in [-0.1, -0.05) is 32.0 Å². The van der Waals surface area contributed by atoms with Crippen LogP contribution in [-0.4, -0.2) is 33.6 Å². The van der Waals surface area contributed by atoms with Crippen molar-refractivity contribution >= 4 is 16.8 Å². The normalized spacial score (nSPS) is 12.3. The number of amides is 1. The van der Waals surface area contributed by atoms with Crippen LogP contribution in [0.2, 0.25) is 0 Å². The van der Waals surface area contributed by atoms with Gasteiger partial charge in [-0.25, -0.2) is 4.98 Å². The molecule has 0 fully saturated rings. The van der Waals surface area contributed by atoms with Crippen molar-refractivity contribution in [2.24, 2.45) is 5.92 Å². The van der Waals surface area contributed by atoms with Crippen molar-refractivity contribution in [3.8, 4) is 11.3 Å². The van der Waals surface area contributed by atoms with Gasteiger partial charge in [0.15, 0.2) is 0 Å². The predicted molar refractivity (Wildman–Crippen MR) is 103 cm³/mol. The minimum Gasteiger partial charge on any atom is -0.396 e. The number of hydrogen-bond acceptors (Lipinski definition) is 4. The van der Waals surface area contributed by atoms with Gasteiger partial charge in [0, 0.05) is 36.0 Å². The van der Waals surface area contributed by atoms with E-state index in [4.69, 9.17) is 0 Å². The number of pyridine rings is 2. The van der Waals surface area contributed by atoms with E-state index in [2.05, 4.69) is 15.3 Å². The lowest BCUT2D eigenvalue weighted by Crippen LogP contribution is -2.39. The van der Waals surface area contributed by atoms with E-state index < -0.39 is 0 Å². The summed E-state index contributed by atoms with van der Waals surface area (Å²) in [6, 6.07) is 13.1. The Labute approximate surface area is 153 Å². The molecule has 0 radical (unpaired) electrons. The standard InChI is InChI=1S/C21H23N3O2/c1-14(2)18(9-11-25)24-21(26)17-12-20(15-6-5-10-22-13-15)23-19-8-4-3-7-16(17)19/h3-8,10,12-14,18,25H,9,11H2,1-2H3,(H,24,26). The Kier molecular flexibility index (Phi) is 5.58. The van der Waals surface area contributed by atoms with E-state index in [-0.39, 0.29) is 24.5 Å². The van der Waals surface area contributed by atoms with Crippen molar-refractivity contribution in [2.75, 3.05) is 6.61 Å². The number of rotatable bonds is 6. The molecule has 0 saturated carbocycles. The van der Waals surface area contributed by atoms with Gasteiger partial charge < -0.3 is 10.4 Å². The third kappa shape index (κ3) is 3.89. The molecule has 3 rings (SSSR count). The Bertz CT molecular complexity index is 894. The number of para-hydroxylation sites is 1. The largest absolute Gasteiger partial charge is 0.396 e. The molecule has 5 heteroatoms. The quantitative estimate of drug-likeness (QED) is 0.715. The van der Waals surface area contributed by atoms with E-state index in [1.54, 1.807) is 12.4 Å². The summed E-state index contributed by atoms with van der Waals surface area (Å²) >= 11 is 0. The number of aliphatic hydroxyl groups excluding tert-OH is 1. The first kappa shape index (κ1) is 18.0. The minimum absolute atomic E-state index is 0.0428. The van der Waals surface area contributed by atoms with Crippen LogP contribution in [0.5, 0.6) is 0 Å². The first-order chi connectivity index (χ1) is 12.6. The summed E-state index contributed by atoms with van der Waals surface area (Å²) in [5, 5.41) is 13.1. The number of benzene rings is 1. The van der Waals surface area contributed by atoms with Gasteiger partial charge in [0.25, 0.3) is 5.91 Å². The summed E-state index contributed by atoms with van der Waals surface area (Å²) < 4.78 is 0. The Morgan fingerprint density at radius 3 is 2.69 bits per heavy atom. The first-order valence-corrected chi connectivity index (χ1v) is 8.82. The van der Waals surface area contributed by atoms with Gasteiger partial charge >= 0.3 is 0 Å². The van der Waals surface area contributed by atoms with Crippen LogP contribution in [0, 0.1) is 5.92 Å². The second kappa shape index (κ2) is 8.06. The lowest BCUT2D eigenvalue weighted by molar-refractivity contribution is 0.0918. The molecule has 2 N–H and O–H groups in total. The molecular formula is C21H23N3O2. The summed E-state index contributed by atoms with van der Waals surface area (Å²) in [4.78, 5) is 21.8. The SMILES string of the molecule is CC(C)C(CCO)NC(=O)c1cc(-c2cccnc2)nc2ccccc12. The Hall–Kier alpha value is -2.79. The number of nitrogens with zero attached hydrogens (tertiary/aromatic N) is 2. The number of aliphatic hydroxyl groups is 1. The number of carbonyl (C=O) groups is 1. The molecule has 1 atom stereocenters. The molecule has 26 heavy (non-hydrogen) atoms. The molecule has 0 aliphatic heterocycles. The lowest BCUT2D eigenvalue weighted by atomic mass is 9.99. The number of fused-ring (bicyclic) bond motifs is 1. The van der Waals surface area contributed by atoms with Crippen LogP contribution in [0.25, 0.3) is 22.2 Å². The van der Waals surface area contributed by atoms with E-state index in [0.29, 0.717) is 17.7 Å². The zero-order valence-corrected chi connectivity index (χ0v) is 15.0. The van der Waals surface area contributed by atoms with E-state index >= 15 is 0 Å². The summed E-state index contributed by atoms with van der Waals surface area (Å²) in [6.07, 6.45) is 3.98. The fourth-order valence-corrected chi connectivity index (χ4v) is 2.98. The van der Waals surface area contributed by atoms with E-state index in [1.807, 2.05) is 56.3 Å².